The Morgan fingerprint density at radius 1 is 1.10 bits per heavy atom. The van der Waals surface area contributed by atoms with Crippen LogP contribution in [-0.2, 0) is 22.5 Å². The van der Waals surface area contributed by atoms with E-state index in [0.29, 0.717) is 17.3 Å². The van der Waals surface area contributed by atoms with E-state index in [9.17, 15) is 14.4 Å². The summed E-state index contributed by atoms with van der Waals surface area (Å²) in [5, 5.41) is 5.09. The zero-order chi connectivity index (χ0) is 22.1. The summed E-state index contributed by atoms with van der Waals surface area (Å²) in [6, 6.07) is 14.5. The van der Waals surface area contributed by atoms with Gasteiger partial charge in [0, 0.05) is 23.7 Å². The summed E-state index contributed by atoms with van der Waals surface area (Å²) in [6.45, 7) is 5.89. The minimum Gasteiger partial charge on any atom is -0.451 e. The zero-order valence-electron chi connectivity index (χ0n) is 17.9. The van der Waals surface area contributed by atoms with Gasteiger partial charge in [0.05, 0.1) is 5.39 Å². The second-order valence-electron chi connectivity index (χ2n) is 8.30. The number of nitrogens with zero attached hydrogens (tertiary/aromatic N) is 3. The van der Waals surface area contributed by atoms with Gasteiger partial charge < -0.3 is 9.64 Å². The first-order chi connectivity index (χ1) is 14.9. The molecule has 0 spiro atoms. The SMILES string of the molecule is CC(C)Cn1nc(C(=O)OCC(=O)N2c3ccccc3C[C@@H]2C)c2ccccc2c1=O. The van der Waals surface area contributed by atoms with Gasteiger partial charge in [0.25, 0.3) is 11.5 Å². The molecule has 1 aliphatic heterocycles. The van der Waals surface area contributed by atoms with Gasteiger partial charge in [-0.3, -0.25) is 9.59 Å². The summed E-state index contributed by atoms with van der Waals surface area (Å²) in [7, 11) is 0. The summed E-state index contributed by atoms with van der Waals surface area (Å²) in [4.78, 5) is 40.1. The quantitative estimate of drug-likeness (QED) is 0.593. The van der Waals surface area contributed by atoms with Crippen LogP contribution < -0.4 is 10.5 Å². The molecule has 4 rings (SSSR count). The number of rotatable bonds is 5. The lowest BCUT2D eigenvalue weighted by atomic mass is 10.1. The molecule has 0 N–H and O–H groups in total. The van der Waals surface area contributed by atoms with E-state index in [1.54, 1.807) is 29.2 Å². The maximum atomic E-state index is 12.9. The lowest BCUT2D eigenvalue weighted by Gasteiger charge is -2.22. The summed E-state index contributed by atoms with van der Waals surface area (Å²) < 4.78 is 6.66. The number of carbonyl (C=O) groups excluding carboxylic acids is 2. The van der Waals surface area contributed by atoms with Gasteiger partial charge in [0.1, 0.15) is 0 Å². The molecule has 1 amide bonds. The fourth-order valence-electron chi connectivity index (χ4n) is 4.07. The number of carbonyl (C=O) groups is 2. The first-order valence-corrected chi connectivity index (χ1v) is 10.4. The Balaban J connectivity index is 1.58. The topological polar surface area (TPSA) is 81.5 Å². The molecule has 2 heterocycles. The van der Waals surface area contributed by atoms with Crippen LogP contribution in [0.2, 0.25) is 0 Å². The monoisotopic (exact) mass is 419 g/mol. The van der Waals surface area contributed by atoms with Crippen molar-refractivity contribution in [2.24, 2.45) is 5.92 Å². The zero-order valence-corrected chi connectivity index (χ0v) is 17.9. The number of hydrogen-bond acceptors (Lipinski definition) is 5. The highest BCUT2D eigenvalue weighted by atomic mass is 16.5. The average molecular weight is 419 g/mol. The molecule has 0 saturated heterocycles. The van der Waals surface area contributed by atoms with Gasteiger partial charge in [-0.2, -0.15) is 5.10 Å². The van der Waals surface area contributed by atoms with Crippen molar-refractivity contribution in [3.05, 3.63) is 70.1 Å². The van der Waals surface area contributed by atoms with Crippen LogP contribution in [0.15, 0.2) is 53.3 Å². The Kier molecular flexibility index (Phi) is 5.59. The van der Waals surface area contributed by atoms with E-state index in [-0.39, 0.29) is 29.1 Å². The molecule has 160 valence electrons. The van der Waals surface area contributed by atoms with Crippen LogP contribution in [0.1, 0.15) is 36.8 Å². The van der Waals surface area contributed by atoms with Crippen LogP contribution in [0, 0.1) is 5.92 Å². The van der Waals surface area contributed by atoms with Gasteiger partial charge in [-0.1, -0.05) is 50.2 Å². The first-order valence-electron chi connectivity index (χ1n) is 10.4. The van der Waals surface area contributed by atoms with E-state index >= 15 is 0 Å². The van der Waals surface area contributed by atoms with Crippen LogP contribution in [0.5, 0.6) is 0 Å². The molecule has 0 saturated carbocycles. The van der Waals surface area contributed by atoms with Crippen LogP contribution in [-0.4, -0.2) is 34.3 Å². The second kappa shape index (κ2) is 8.34. The van der Waals surface area contributed by atoms with Gasteiger partial charge in [-0.05, 0) is 37.0 Å². The van der Waals surface area contributed by atoms with Crippen molar-refractivity contribution in [3.63, 3.8) is 0 Å². The van der Waals surface area contributed by atoms with Crippen LogP contribution in [0.25, 0.3) is 10.8 Å². The minimum absolute atomic E-state index is 0.00416. The lowest BCUT2D eigenvalue weighted by molar-refractivity contribution is -0.122. The molecule has 0 unspecified atom stereocenters. The molecule has 0 radical (unpaired) electrons. The number of benzene rings is 2. The van der Waals surface area contributed by atoms with Crippen molar-refractivity contribution >= 4 is 28.3 Å². The van der Waals surface area contributed by atoms with E-state index in [1.165, 1.54) is 4.68 Å². The number of esters is 1. The third-order valence-corrected chi connectivity index (χ3v) is 5.40. The molecule has 1 aliphatic rings. The molecule has 2 aromatic carbocycles. The first kappa shape index (κ1) is 20.8. The molecule has 1 atom stereocenters. The fraction of sp³-hybridized carbons (Fsp3) is 0.333. The number of hydrogen-bond donors (Lipinski definition) is 0. The largest absolute Gasteiger partial charge is 0.451 e. The molecule has 0 aliphatic carbocycles. The minimum atomic E-state index is -0.720. The van der Waals surface area contributed by atoms with Gasteiger partial charge >= 0.3 is 5.97 Å². The van der Waals surface area contributed by atoms with E-state index in [2.05, 4.69) is 5.10 Å². The molecule has 0 bridgehead atoms. The van der Waals surface area contributed by atoms with Gasteiger partial charge in [0.15, 0.2) is 12.3 Å². The number of fused-ring (bicyclic) bond motifs is 2. The standard InChI is InChI=1S/C24H25N3O4/c1-15(2)13-26-23(29)19-10-6-5-9-18(19)22(25-26)24(30)31-14-21(28)27-16(3)12-17-8-4-7-11-20(17)27/h4-11,15-16H,12-14H2,1-3H3/t16-/m0/s1. The predicted octanol–water partition coefficient (Wildman–Crippen LogP) is 3.19. The Bertz CT molecular complexity index is 1210. The molecule has 1 aromatic heterocycles. The lowest BCUT2D eigenvalue weighted by Crippen LogP contribution is -2.39. The van der Waals surface area contributed by atoms with Crippen LogP contribution >= 0.6 is 0 Å². The third kappa shape index (κ3) is 3.95. The smallest absolute Gasteiger partial charge is 0.359 e. The highest BCUT2D eigenvalue weighted by Crippen LogP contribution is 2.31. The van der Waals surface area contributed by atoms with E-state index in [0.717, 1.165) is 17.7 Å². The third-order valence-electron chi connectivity index (χ3n) is 5.40. The molecule has 3 aromatic rings. The summed E-state index contributed by atoms with van der Waals surface area (Å²) in [6.07, 6.45) is 0.766. The Hall–Kier alpha value is -3.48. The number of anilines is 1. The van der Waals surface area contributed by atoms with E-state index in [1.807, 2.05) is 45.0 Å². The second-order valence-corrected chi connectivity index (χ2v) is 8.30. The molecular formula is C24H25N3O4. The summed E-state index contributed by atoms with van der Waals surface area (Å²) >= 11 is 0. The Labute approximate surface area is 180 Å². The molecule has 31 heavy (non-hydrogen) atoms. The summed E-state index contributed by atoms with van der Waals surface area (Å²) in [5.41, 5.74) is 1.74. The number of para-hydroxylation sites is 1. The van der Waals surface area contributed by atoms with E-state index in [4.69, 9.17) is 4.74 Å². The molecule has 7 nitrogen and oxygen atoms in total. The van der Waals surface area contributed by atoms with Crippen molar-refractivity contribution in [1.29, 1.82) is 0 Å². The summed E-state index contributed by atoms with van der Waals surface area (Å²) in [5.74, 6) is -0.832. The molecular weight excluding hydrogens is 394 g/mol. The van der Waals surface area contributed by atoms with Gasteiger partial charge in [-0.15, -0.1) is 0 Å². The van der Waals surface area contributed by atoms with Crippen LogP contribution in [0.3, 0.4) is 0 Å². The van der Waals surface area contributed by atoms with Gasteiger partial charge in [-0.25, -0.2) is 9.48 Å². The van der Waals surface area contributed by atoms with Crippen molar-refractivity contribution < 1.29 is 14.3 Å². The Morgan fingerprint density at radius 3 is 2.52 bits per heavy atom. The maximum absolute atomic E-state index is 12.9. The fourth-order valence-corrected chi connectivity index (χ4v) is 4.07. The maximum Gasteiger partial charge on any atom is 0.359 e. The number of ether oxygens (including phenoxy) is 1. The van der Waals surface area contributed by atoms with Crippen molar-refractivity contribution in [3.8, 4) is 0 Å². The van der Waals surface area contributed by atoms with E-state index < -0.39 is 12.6 Å². The van der Waals surface area contributed by atoms with Crippen LogP contribution in [0.4, 0.5) is 5.69 Å². The van der Waals surface area contributed by atoms with Crippen molar-refractivity contribution in [2.75, 3.05) is 11.5 Å². The average Bonchev–Trinajstić information content (AvgIpc) is 3.09. The highest BCUT2D eigenvalue weighted by Gasteiger charge is 2.31. The van der Waals surface area contributed by atoms with Gasteiger partial charge in [0.2, 0.25) is 0 Å². The van der Waals surface area contributed by atoms with Crippen molar-refractivity contribution in [2.45, 2.75) is 39.8 Å². The molecule has 7 heteroatoms. The molecule has 0 fully saturated rings. The Morgan fingerprint density at radius 2 is 1.77 bits per heavy atom. The highest BCUT2D eigenvalue weighted by molar-refractivity contribution is 6.04. The predicted molar refractivity (Wildman–Crippen MR) is 118 cm³/mol. The number of aromatic nitrogens is 2. The number of amides is 1. The normalized spacial score (nSPS) is 15.4. The van der Waals surface area contributed by atoms with Crippen molar-refractivity contribution in [1.82, 2.24) is 9.78 Å².